The molecule has 0 aliphatic heterocycles. The van der Waals surface area contributed by atoms with Crippen LogP contribution in [0.25, 0.3) is 0 Å². The second-order valence-corrected chi connectivity index (χ2v) is 8.43. The normalized spacial score (nSPS) is 46.8. The molecule has 0 aromatic carbocycles. The maximum atomic E-state index is 7.50. The van der Waals surface area contributed by atoms with E-state index < -0.39 is 0 Å². The minimum Gasteiger partial charge on any atom is -0.374 e. The van der Waals surface area contributed by atoms with Crippen LogP contribution in [-0.2, 0) is 0 Å². The van der Waals surface area contributed by atoms with E-state index in [0.717, 1.165) is 12.5 Å². The van der Waals surface area contributed by atoms with Gasteiger partial charge in [-0.05, 0) is 74.0 Å². The highest BCUT2D eigenvalue weighted by atomic mass is 35.5. The molecule has 0 amide bonds. The predicted molar refractivity (Wildman–Crippen MR) is 83.1 cm³/mol. The topological polar surface area (TPSA) is 35.9 Å². The molecule has 0 spiro atoms. The van der Waals surface area contributed by atoms with Crippen LogP contribution in [0.15, 0.2) is 0 Å². The first-order valence-corrected chi connectivity index (χ1v) is 7.61. The molecule has 2 unspecified atom stereocenters. The quantitative estimate of drug-likeness (QED) is 0.585. The van der Waals surface area contributed by atoms with E-state index in [9.17, 15) is 0 Å². The molecule has 0 radical (unpaired) electrons. The van der Waals surface area contributed by atoms with E-state index in [1.54, 1.807) is 0 Å². The Bertz CT molecular complexity index is 361. The summed E-state index contributed by atoms with van der Waals surface area (Å²) in [6.07, 6.45) is 10.1. The zero-order valence-corrected chi connectivity index (χ0v) is 13.5. The summed E-state index contributed by atoms with van der Waals surface area (Å²) in [5.41, 5.74) is 1.87. The maximum Gasteiger partial charge on any atom is 0.0899 e. The molecule has 19 heavy (non-hydrogen) atoms. The van der Waals surface area contributed by atoms with E-state index in [-0.39, 0.29) is 12.4 Å². The van der Waals surface area contributed by atoms with E-state index in [0.29, 0.717) is 22.1 Å². The average molecular weight is 285 g/mol. The molecule has 0 saturated heterocycles. The highest BCUT2D eigenvalue weighted by Crippen LogP contribution is 2.70. The van der Waals surface area contributed by atoms with Gasteiger partial charge in [0, 0.05) is 6.54 Å². The fourth-order valence-electron chi connectivity index (χ4n) is 6.48. The van der Waals surface area contributed by atoms with Crippen molar-refractivity contribution in [2.75, 3.05) is 6.54 Å². The molecule has 4 rings (SSSR count). The molecule has 4 saturated carbocycles. The van der Waals surface area contributed by atoms with Crippen LogP contribution in [0.3, 0.4) is 0 Å². The van der Waals surface area contributed by atoms with Crippen LogP contribution < -0.4 is 5.32 Å². The second kappa shape index (κ2) is 4.65. The van der Waals surface area contributed by atoms with Crippen molar-refractivity contribution in [3.63, 3.8) is 0 Å². The van der Waals surface area contributed by atoms with Crippen LogP contribution in [-0.4, -0.2) is 12.4 Å². The zero-order chi connectivity index (χ0) is 13.0. The second-order valence-electron chi connectivity index (χ2n) is 8.43. The Morgan fingerprint density at radius 2 is 1.68 bits per heavy atom. The van der Waals surface area contributed by atoms with Gasteiger partial charge in [0.25, 0.3) is 0 Å². The fourth-order valence-corrected chi connectivity index (χ4v) is 6.48. The molecule has 4 aliphatic carbocycles. The summed E-state index contributed by atoms with van der Waals surface area (Å²) < 4.78 is 0. The molecular weight excluding hydrogens is 256 g/mol. The van der Waals surface area contributed by atoms with Crippen molar-refractivity contribution < 1.29 is 0 Å². The SMILES string of the molecule is CC(=N)NCCC12CC3CC(C)(CC(C)(C3)C1)C2.Cl. The van der Waals surface area contributed by atoms with Crippen LogP contribution >= 0.6 is 12.4 Å². The van der Waals surface area contributed by atoms with Crippen molar-refractivity contribution in [1.82, 2.24) is 5.32 Å². The van der Waals surface area contributed by atoms with Crippen LogP contribution in [0.4, 0.5) is 0 Å². The molecule has 0 heterocycles. The summed E-state index contributed by atoms with van der Waals surface area (Å²) >= 11 is 0. The molecule has 0 aromatic rings. The van der Waals surface area contributed by atoms with E-state index in [2.05, 4.69) is 19.2 Å². The lowest BCUT2D eigenvalue weighted by atomic mass is 9.40. The molecule has 0 aromatic heterocycles. The van der Waals surface area contributed by atoms with Gasteiger partial charge in [0.05, 0.1) is 5.84 Å². The Morgan fingerprint density at radius 1 is 1.11 bits per heavy atom. The molecule has 4 bridgehead atoms. The van der Waals surface area contributed by atoms with Gasteiger partial charge in [-0.3, -0.25) is 5.41 Å². The van der Waals surface area contributed by atoms with Gasteiger partial charge in [-0.2, -0.15) is 0 Å². The van der Waals surface area contributed by atoms with Crippen molar-refractivity contribution in [2.45, 2.75) is 65.7 Å². The van der Waals surface area contributed by atoms with Gasteiger partial charge in [0.1, 0.15) is 0 Å². The minimum atomic E-state index is 0. The maximum absolute atomic E-state index is 7.50. The lowest BCUT2D eigenvalue weighted by Crippen LogP contribution is -2.55. The van der Waals surface area contributed by atoms with Crippen molar-refractivity contribution in [3.05, 3.63) is 0 Å². The standard InChI is InChI=1S/C16H28N2.ClH/c1-12(17)18-5-4-16-8-13-6-14(2,10-16)9-15(3,7-13)11-16;/h13H,4-11H2,1-3H3,(H2,17,18);1H. The van der Waals surface area contributed by atoms with Crippen molar-refractivity contribution in [2.24, 2.45) is 22.2 Å². The highest BCUT2D eigenvalue weighted by Gasteiger charge is 2.59. The van der Waals surface area contributed by atoms with E-state index in [1.165, 1.54) is 44.9 Å². The van der Waals surface area contributed by atoms with E-state index in [1.807, 2.05) is 6.92 Å². The summed E-state index contributed by atoms with van der Waals surface area (Å²) in [4.78, 5) is 0. The Morgan fingerprint density at radius 3 is 2.16 bits per heavy atom. The lowest BCUT2D eigenvalue weighted by molar-refractivity contribution is -0.146. The van der Waals surface area contributed by atoms with Gasteiger partial charge in [-0.1, -0.05) is 13.8 Å². The monoisotopic (exact) mass is 284 g/mol. The number of nitrogens with one attached hydrogen (secondary N) is 2. The third-order valence-electron chi connectivity index (χ3n) is 5.79. The zero-order valence-electron chi connectivity index (χ0n) is 12.6. The average Bonchev–Trinajstić information content (AvgIpc) is 2.09. The molecule has 2 nitrogen and oxygen atoms in total. The molecular formula is C16H29ClN2. The van der Waals surface area contributed by atoms with Gasteiger partial charge in [0.2, 0.25) is 0 Å². The number of hydrogen-bond donors (Lipinski definition) is 2. The Kier molecular flexibility index (Phi) is 3.71. The van der Waals surface area contributed by atoms with Crippen molar-refractivity contribution >= 4 is 18.2 Å². The summed E-state index contributed by atoms with van der Waals surface area (Å²) in [5, 5.41) is 10.7. The van der Waals surface area contributed by atoms with Crippen molar-refractivity contribution in [3.8, 4) is 0 Å². The van der Waals surface area contributed by atoms with Gasteiger partial charge in [-0.25, -0.2) is 0 Å². The number of rotatable bonds is 3. The Hall–Kier alpha value is -0.240. The summed E-state index contributed by atoms with van der Waals surface area (Å²) in [6.45, 7) is 7.94. The lowest BCUT2D eigenvalue weighted by Gasteiger charge is -2.65. The Labute approximate surface area is 124 Å². The van der Waals surface area contributed by atoms with Gasteiger partial charge in [0.15, 0.2) is 0 Å². The van der Waals surface area contributed by atoms with Crippen LogP contribution in [0.2, 0.25) is 0 Å². The van der Waals surface area contributed by atoms with Gasteiger partial charge >= 0.3 is 0 Å². The minimum absolute atomic E-state index is 0. The fraction of sp³-hybridized carbons (Fsp3) is 0.938. The number of halogens is 1. The van der Waals surface area contributed by atoms with Crippen LogP contribution in [0.5, 0.6) is 0 Å². The summed E-state index contributed by atoms with van der Waals surface area (Å²) in [6, 6.07) is 0. The molecule has 3 heteroatoms. The van der Waals surface area contributed by atoms with E-state index >= 15 is 0 Å². The Balaban J connectivity index is 0.00000133. The van der Waals surface area contributed by atoms with Gasteiger partial charge in [-0.15, -0.1) is 12.4 Å². The number of hydrogen-bond acceptors (Lipinski definition) is 1. The molecule has 2 atom stereocenters. The smallest absolute Gasteiger partial charge is 0.0899 e. The third kappa shape index (κ3) is 2.79. The predicted octanol–water partition coefficient (Wildman–Crippen LogP) is 4.38. The first-order valence-electron chi connectivity index (χ1n) is 7.61. The summed E-state index contributed by atoms with van der Waals surface area (Å²) in [7, 11) is 0. The summed E-state index contributed by atoms with van der Waals surface area (Å²) in [5.74, 6) is 1.62. The van der Waals surface area contributed by atoms with Gasteiger partial charge < -0.3 is 5.32 Å². The molecule has 4 aliphatic rings. The van der Waals surface area contributed by atoms with E-state index in [4.69, 9.17) is 5.41 Å². The highest BCUT2D eigenvalue weighted by molar-refractivity contribution is 5.85. The van der Waals surface area contributed by atoms with Crippen molar-refractivity contribution in [1.29, 1.82) is 5.41 Å². The largest absolute Gasteiger partial charge is 0.374 e. The first-order chi connectivity index (χ1) is 8.32. The van der Waals surface area contributed by atoms with Crippen LogP contribution in [0.1, 0.15) is 65.7 Å². The third-order valence-corrected chi connectivity index (χ3v) is 5.79. The van der Waals surface area contributed by atoms with Crippen LogP contribution in [0, 0.1) is 27.6 Å². The number of amidine groups is 1. The first kappa shape index (κ1) is 15.2. The molecule has 2 N–H and O–H groups in total. The molecule has 4 fully saturated rings. The molecule has 110 valence electrons.